The van der Waals surface area contributed by atoms with Crippen LogP contribution in [-0.2, 0) is 4.79 Å². The van der Waals surface area contributed by atoms with Crippen molar-refractivity contribution in [1.82, 2.24) is 5.01 Å². The minimum absolute atomic E-state index is 0.0215. The van der Waals surface area contributed by atoms with E-state index in [2.05, 4.69) is 78.5 Å². The maximum Gasteiger partial charge on any atom is 0.253 e. The molecule has 7 heteroatoms. The summed E-state index contributed by atoms with van der Waals surface area (Å²) in [6, 6.07) is 24.7. The fraction of sp³-hybridized carbons (Fsp3) is 0.312. The van der Waals surface area contributed by atoms with Crippen LogP contribution in [0.5, 0.6) is 0 Å². The highest BCUT2D eigenvalue weighted by Gasteiger charge is 2.43. The second kappa shape index (κ2) is 11.9. The van der Waals surface area contributed by atoms with Gasteiger partial charge >= 0.3 is 0 Å². The van der Waals surface area contributed by atoms with Gasteiger partial charge in [0.25, 0.3) is 5.91 Å². The first kappa shape index (κ1) is 27.4. The molecule has 3 aromatic carbocycles. The van der Waals surface area contributed by atoms with E-state index in [0.29, 0.717) is 10.8 Å². The monoisotopic (exact) mass is 558 g/mol. The van der Waals surface area contributed by atoms with E-state index >= 15 is 0 Å². The molecule has 0 spiro atoms. The normalized spacial score (nSPS) is 19.6. The van der Waals surface area contributed by atoms with Gasteiger partial charge in [0.05, 0.1) is 17.5 Å². The maximum atomic E-state index is 13.7. The number of benzene rings is 3. The highest BCUT2D eigenvalue weighted by Crippen LogP contribution is 2.45. The van der Waals surface area contributed by atoms with Gasteiger partial charge in [-0.2, -0.15) is 5.10 Å². The molecule has 0 N–H and O–H groups in total. The van der Waals surface area contributed by atoms with Crippen LogP contribution in [0.3, 0.4) is 0 Å². The smallest absolute Gasteiger partial charge is 0.253 e. The first-order chi connectivity index (χ1) is 18.8. The zero-order valence-corrected chi connectivity index (χ0v) is 24.5. The Labute approximate surface area is 241 Å². The van der Waals surface area contributed by atoms with Gasteiger partial charge in [0, 0.05) is 55.4 Å². The summed E-state index contributed by atoms with van der Waals surface area (Å²) < 4.78 is 0. The largest absolute Gasteiger partial charge is 0.378 e. The van der Waals surface area contributed by atoms with Crippen molar-refractivity contribution in [1.29, 1.82) is 0 Å². The van der Waals surface area contributed by atoms with Crippen LogP contribution in [-0.4, -0.2) is 50.6 Å². The molecule has 0 saturated heterocycles. The molecular weight excluding hydrogens is 524 g/mol. The van der Waals surface area contributed by atoms with Gasteiger partial charge in [0.15, 0.2) is 0 Å². The quantitative estimate of drug-likeness (QED) is 0.283. The fourth-order valence-electron chi connectivity index (χ4n) is 5.32. The van der Waals surface area contributed by atoms with Gasteiger partial charge in [-0.15, -0.1) is 11.8 Å². The molecule has 0 unspecified atom stereocenters. The summed E-state index contributed by atoms with van der Waals surface area (Å²) in [4.78, 5) is 18.9. The minimum atomic E-state index is -0.102. The predicted molar refractivity (Wildman–Crippen MR) is 166 cm³/mol. The summed E-state index contributed by atoms with van der Waals surface area (Å²) in [7, 11) is 8.18. The first-order valence-corrected chi connectivity index (χ1v) is 14.7. The number of hydrazone groups is 1. The SMILES string of the molecule is CN(C)c1ccc(/C=C2/CCC[C@H]3C2=NN(C(=O)CSc2ccc(Cl)cc2)[C@@H]3c2ccc(N(C)C)cc2)cc1. The van der Waals surface area contributed by atoms with Crippen molar-refractivity contribution in [3.63, 3.8) is 0 Å². The number of nitrogens with zero attached hydrogens (tertiary/aromatic N) is 4. The van der Waals surface area contributed by atoms with E-state index in [4.69, 9.17) is 16.7 Å². The van der Waals surface area contributed by atoms with Crippen LogP contribution in [0.2, 0.25) is 5.02 Å². The Morgan fingerprint density at radius 1 is 0.949 bits per heavy atom. The third-order valence-electron chi connectivity index (χ3n) is 7.43. The Bertz CT molecular complexity index is 1360. The summed E-state index contributed by atoms with van der Waals surface area (Å²) in [5.74, 6) is 0.525. The molecule has 1 aliphatic carbocycles. The third-order valence-corrected chi connectivity index (χ3v) is 8.68. The molecule has 1 amide bonds. The molecule has 2 aliphatic rings. The Morgan fingerprint density at radius 3 is 2.18 bits per heavy atom. The Kier molecular flexibility index (Phi) is 8.34. The molecule has 0 bridgehead atoms. The number of thioether (sulfide) groups is 1. The number of carbonyl (C=O) groups excluding carboxylic acids is 1. The van der Waals surface area contributed by atoms with Gasteiger partial charge < -0.3 is 9.80 Å². The highest BCUT2D eigenvalue weighted by molar-refractivity contribution is 8.00. The van der Waals surface area contributed by atoms with Crippen molar-refractivity contribution in [2.24, 2.45) is 11.0 Å². The van der Waals surface area contributed by atoms with Crippen LogP contribution in [0, 0.1) is 5.92 Å². The number of allylic oxidation sites excluding steroid dienone is 1. The van der Waals surface area contributed by atoms with E-state index in [0.717, 1.165) is 46.7 Å². The molecule has 0 aromatic heterocycles. The van der Waals surface area contributed by atoms with Crippen molar-refractivity contribution in [2.45, 2.75) is 30.2 Å². The van der Waals surface area contributed by atoms with Crippen LogP contribution in [0.1, 0.15) is 36.4 Å². The van der Waals surface area contributed by atoms with Crippen molar-refractivity contribution in [3.8, 4) is 0 Å². The van der Waals surface area contributed by atoms with Crippen LogP contribution in [0.25, 0.3) is 6.08 Å². The standard InChI is InChI=1S/C32H35ClN4OS/c1-35(2)26-14-8-22(9-15-26)20-24-6-5-7-29-31(24)34-37(30(38)21-39-28-18-12-25(33)13-19-28)32(29)23-10-16-27(17-11-23)36(3)4/h8-20,29,32H,5-7,21H2,1-4H3/b24-20-/t29-,32+/m0/s1. The van der Waals surface area contributed by atoms with Gasteiger partial charge in [-0.1, -0.05) is 35.9 Å². The number of rotatable bonds is 7. The summed E-state index contributed by atoms with van der Waals surface area (Å²) >= 11 is 7.57. The highest BCUT2D eigenvalue weighted by atomic mass is 35.5. The maximum absolute atomic E-state index is 13.7. The molecule has 1 fully saturated rings. The van der Waals surface area contributed by atoms with Gasteiger partial charge in [-0.3, -0.25) is 4.79 Å². The zero-order valence-electron chi connectivity index (χ0n) is 23.0. The van der Waals surface area contributed by atoms with E-state index in [1.807, 2.05) is 38.4 Å². The summed E-state index contributed by atoms with van der Waals surface area (Å²) in [5, 5.41) is 7.51. The number of amides is 1. The lowest BCUT2D eigenvalue weighted by molar-refractivity contribution is -0.130. The topological polar surface area (TPSA) is 39.1 Å². The van der Waals surface area contributed by atoms with E-state index < -0.39 is 0 Å². The number of anilines is 2. The number of carbonyl (C=O) groups is 1. The molecule has 2 atom stereocenters. The summed E-state index contributed by atoms with van der Waals surface area (Å²) in [6.45, 7) is 0. The zero-order chi connectivity index (χ0) is 27.5. The number of halogens is 1. The van der Waals surface area contributed by atoms with Crippen molar-refractivity contribution in [2.75, 3.05) is 43.7 Å². The van der Waals surface area contributed by atoms with Crippen molar-refractivity contribution < 1.29 is 4.79 Å². The first-order valence-electron chi connectivity index (χ1n) is 13.3. The van der Waals surface area contributed by atoms with E-state index in [9.17, 15) is 4.79 Å². The van der Waals surface area contributed by atoms with E-state index in [1.54, 1.807) is 5.01 Å². The van der Waals surface area contributed by atoms with Crippen molar-refractivity contribution >= 4 is 52.4 Å². The molecule has 5 rings (SSSR count). The van der Waals surface area contributed by atoms with Crippen LogP contribution in [0.4, 0.5) is 11.4 Å². The lowest BCUT2D eigenvalue weighted by Crippen LogP contribution is -2.32. The van der Waals surface area contributed by atoms with Gasteiger partial charge in [0.1, 0.15) is 0 Å². The Balaban J connectivity index is 1.45. The molecule has 39 heavy (non-hydrogen) atoms. The minimum Gasteiger partial charge on any atom is -0.378 e. The van der Waals surface area contributed by atoms with E-state index in [-0.39, 0.29) is 17.9 Å². The molecule has 1 saturated carbocycles. The van der Waals surface area contributed by atoms with Crippen LogP contribution >= 0.6 is 23.4 Å². The molecule has 1 aliphatic heterocycles. The lowest BCUT2D eigenvalue weighted by Gasteiger charge is -2.30. The summed E-state index contributed by atoms with van der Waals surface area (Å²) in [6.07, 6.45) is 5.33. The second-order valence-electron chi connectivity index (χ2n) is 10.6. The van der Waals surface area contributed by atoms with Gasteiger partial charge in [-0.25, -0.2) is 5.01 Å². The lowest BCUT2D eigenvalue weighted by atomic mass is 9.77. The van der Waals surface area contributed by atoms with Crippen molar-refractivity contribution in [3.05, 3.63) is 94.5 Å². The number of hydrogen-bond acceptors (Lipinski definition) is 5. The molecule has 3 aromatic rings. The molecular formula is C32H35ClN4OS. The number of fused-ring (bicyclic) bond motifs is 1. The third kappa shape index (κ3) is 6.18. The second-order valence-corrected chi connectivity index (χ2v) is 12.0. The average Bonchev–Trinajstić information content (AvgIpc) is 3.34. The number of hydrogen-bond donors (Lipinski definition) is 0. The van der Waals surface area contributed by atoms with Gasteiger partial charge in [0.2, 0.25) is 0 Å². The summed E-state index contributed by atoms with van der Waals surface area (Å²) in [5.41, 5.74) is 6.90. The van der Waals surface area contributed by atoms with E-state index in [1.165, 1.54) is 23.0 Å². The molecule has 1 heterocycles. The van der Waals surface area contributed by atoms with Crippen LogP contribution in [0.15, 0.2) is 88.4 Å². The predicted octanol–water partition coefficient (Wildman–Crippen LogP) is 7.39. The molecule has 5 nitrogen and oxygen atoms in total. The fourth-order valence-corrected chi connectivity index (χ4v) is 6.20. The average molecular weight is 559 g/mol. The Morgan fingerprint density at radius 2 is 1.56 bits per heavy atom. The van der Waals surface area contributed by atoms with Gasteiger partial charge in [-0.05, 0) is 90.6 Å². The molecule has 0 radical (unpaired) electrons. The van der Waals surface area contributed by atoms with Crippen LogP contribution < -0.4 is 9.80 Å². The molecule has 202 valence electrons. The Hall–Kier alpha value is -3.22.